The molecule has 0 atom stereocenters. The molecule has 5 nitrogen and oxygen atoms in total. The van der Waals surface area contributed by atoms with Gasteiger partial charge in [-0.15, -0.1) is 0 Å². The second kappa shape index (κ2) is 7.11. The average molecular weight is 332 g/mol. The summed E-state index contributed by atoms with van der Waals surface area (Å²) in [6.45, 7) is 7.00. The first kappa shape index (κ1) is 18.7. The van der Waals surface area contributed by atoms with Gasteiger partial charge in [0.05, 0.1) is 11.2 Å². The first-order chi connectivity index (χ1) is 11.1. The highest BCUT2D eigenvalue weighted by atomic mass is 16.7. The quantitative estimate of drug-likeness (QED) is 0.600. The number of ether oxygens (including phenoxy) is 2. The van der Waals surface area contributed by atoms with Gasteiger partial charge in [-0.25, -0.2) is 0 Å². The fourth-order valence-electron chi connectivity index (χ4n) is 2.10. The Morgan fingerprint density at radius 1 is 1.00 bits per heavy atom. The van der Waals surface area contributed by atoms with E-state index in [9.17, 15) is 10.1 Å². The van der Waals surface area contributed by atoms with Crippen molar-refractivity contribution in [2.24, 2.45) is 0 Å². The zero-order valence-corrected chi connectivity index (χ0v) is 14.9. The monoisotopic (exact) mass is 332 g/mol. The minimum Gasteiger partial charge on any atom is -0.468 e. The van der Waals surface area contributed by atoms with Gasteiger partial charge in [0.25, 0.3) is 0 Å². The molecule has 0 unspecified atom stereocenters. The van der Waals surface area contributed by atoms with E-state index in [1.165, 1.54) is 0 Å². The molecule has 2 aromatic carbocycles. The SMILES string of the molecule is COCOc1ccc2cc(B(O)OC(C)(C)C(C)(C)O)ccc2c1. The third-order valence-electron chi connectivity index (χ3n) is 4.34. The Hall–Kier alpha value is -1.60. The molecule has 0 radical (unpaired) electrons. The van der Waals surface area contributed by atoms with Crippen molar-refractivity contribution < 1.29 is 24.3 Å². The second-order valence-electron chi connectivity index (χ2n) is 6.86. The molecule has 0 aliphatic heterocycles. The number of hydrogen-bond acceptors (Lipinski definition) is 5. The summed E-state index contributed by atoms with van der Waals surface area (Å²) in [5, 5.41) is 22.5. The second-order valence-corrected chi connectivity index (χ2v) is 6.86. The predicted molar refractivity (Wildman–Crippen MR) is 95.5 cm³/mol. The zero-order valence-electron chi connectivity index (χ0n) is 14.9. The molecule has 0 heterocycles. The van der Waals surface area contributed by atoms with Crippen LogP contribution in [0.15, 0.2) is 36.4 Å². The van der Waals surface area contributed by atoms with E-state index < -0.39 is 18.3 Å². The van der Waals surface area contributed by atoms with Crippen molar-refractivity contribution in [1.29, 1.82) is 0 Å². The summed E-state index contributed by atoms with van der Waals surface area (Å²) >= 11 is 0. The molecule has 2 rings (SSSR count). The fourth-order valence-corrected chi connectivity index (χ4v) is 2.10. The highest BCUT2D eigenvalue weighted by Crippen LogP contribution is 2.26. The maximum atomic E-state index is 10.4. The predicted octanol–water partition coefficient (Wildman–Crippen LogP) is 2.08. The molecule has 2 N–H and O–H groups in total. The Bertz CT molecular complexity index is 693. The summed E-state index contributed by atoms with van der Waals surface area (Å²) in [4.78, 5) is 0. The van der Waals surface area contributed by atoms with Gasteiger partial charge >= 0.3 is 7.12 Å². The molecular weight excluding hydrogens is 307 g/mol. The summed E-state index contributed by atoms with van der Waals surface area (Å²) < 4.78 is 16.0. The Balaban J connectivity index is 2.21. The molecule has 0 aliphatic carbocycles. The zero-order chi connectivity index (χ0) is 18.0. The van der Waals surface area contributed by atoms with Crippen molar-refractivity contribution in [2.75, 3.05) is 13.9 Å². The van der Waals surface area contributed by atoms with E-state index >= 15 is 0 Å². The Morgan fingerprint density at radius 2 is 1.62 bits per heavy atom. The number of hydrogen-bond donors (Lipinski definition) is 2. The van der Waals surface area contributed by atoms with Gasteiger partial charge in [0.15, 0.2) is 6.79 Å². The van der Waals surface area contributed by atoms with Gasteiger partial charge in [-0.05, 0) is 56.1 Å². The van der Waals surface area contributed by atoms with Crippen molar-refractivity contribution in [3.05, 3.63) is 36.4 Å². The topological polar surface area (TPSA) is 68.2 Å². The van der Waals surface area contributed by atoms with Crippen LogP contribution in [0.3, 0.4) is 0 Å². The maximum absolute atomic E-state index is 10.4. The molecule has 0 saturated carbocycles. The van der Waals surface area contributed by atoms with Crippen molar-refractivity contribution in [3.8, 4) is 5.75 Å². The molecule has 130 valence electrons. The summed E-state index contributed by atoms with van der Waals surface area (Å²) in [5.41, 5.74) is -1.36. The normalized spacial score (nSPS) is 12.5. The van der Waals surface area contributed by atoms with E-state index in [1.807, 2.05) is 30.3 Å². The van der Waals surface area contributed by atoms with E-state index in [2.05, 4.69) is 0 Å². The molecule has 0 bridgehead atoms. The molecule has 0 fully saturated rings. The van der Waals surface area contributed by atoms with Crippen molar-refractivity contribution in [2.45, 2.75) is 38.9 Å². The molecule has 0 aromatic heterocycles. The maximum Gasteiger partial charge on any atom is 0.491 e. The molecule has 0 saturated heterocycles. The van der Waals surface area contributed by atoms with E-state index in [1.54, 1.807) is 40.9 Å². The lowest BCUT2D eigenvalue weighted by molar-refractivity contribution is -0.0982. The molecule has 24 heavy (non-hydrogen) atoms. The summed E-state index contributed by atoms with van der Waals surface area (Å²) in [6.07, 6.45) is 0. The van der Waals surface area contributed by atoms with Gasteiger partial charge in [0, 0.05) is 7.11 Å². The summed E-state index contributed by atoms with van der Waals surface area (Å²) in [7, 11) is 0.449. The standard InChI is InChI=1S/C18H25BO5/c1-17(2,20)18(3,4)24-19(21)15-8-6-14-11-16(23-12-22-5)9-7-13(14)10-15/h6-11,20-21H,12H2,1-5H3. The van der Waals surface area contributed by atoms with E-state index in [4.69, 9.17) is 14.1 Å². The van der Waals surface area contributed by atoms with Crippen LogP contribution in [0.5, 0.6) is 5.75 Å². The van der Waals surface area contributed by atoms with Crippen LogP contribution in [0.4, 0.5) is 0 Å². The van der Waals surface area contributed by atoms with Gasteiger partial charge in [-0.2, -0.15) is 0 Å². The molecule has 0 amide bonds. The van der Waals surface area contributed by atoms with Crippen LogP contribution < -0.4 is 10.2 Å². The number of aliphatic hydroxyl groups is 1. The first-order valence-corrected chi connectivity index (χ1v) is 7.88. The van der Waals surface area contributed by atoms with Crippen LogP contribution in [-0.2, 0) is 9.39 Å². The lowest BCUT2D eigenvalue weighted by Gasteiger charge is -2.38. The fraction of sp³-hybridized carbons (Fsp3) is 0.444. The highest BCUT2D eigenvalue weighted by Gasteiger charge is 2.39. The van der Waals surface area contributed by atoms with Crippen LogP contribution >= 0.6 is 0 Å². The van der Waals surface area contributed by atoms with Crippen LogP contribution in [0.1, 0.15) is 27.7 Å². The van der Waals surface area contributed by atoms with E-state index in [0.29, 0.717) is 5.46 Å². The van der Waals surface area contributed by atoms with Crippen molar-refractivity contribution in [1.82, 2.24) is 0 Å². The van der Waals surface area contributed by atoms with Crippen LogP contribution in [0.25, 0.3) is 10.8 Å². The van der Waals surface area contributed by atoms with E-state index in [0.717, 1.165) is 16.5 Å². The van der Waals surface area contributed by atoms with Gasteiger partial charge in [-0.1, -0.05) is 24.3 Å². The number of rotatable bonds is 7. The largest absolute Gasteiger partial charge is 0.491 e. The van der Waals surface area contributed by atoms with Crippen LogP contribution in [0, 0.1) is 0 Å². The van der Waals surface area contributed by atoms with Crippen LogP contribution in [-0.4, -0.2) is 42.4 Å². The minimum atomic E-state index is -1.12. The summed E-state index contributed by atoms with van der Waals surface area (Å²) in [6, 6.07) is 11.2. The van der Waals surface area contributed by atoms with Crippen molar-refractivity contribution in [3.63, 3.8) is 0 Å². The number of methoxy groups -OCH3 is 1. The Labute approximate surface area is 143 Å². The highest BCUT2D eigenvalue weighted by molar-refractivity contribution is 6.60. The average Bonchev–Trinajstić information content (AvgIpc) is 2.50. The molecule has 2 aromatic rings. The molecule has 6 heteroatoms. The molecule has 0 spiro atoms. The Kier molecular flexibility index (Phi) is 5.55. The summed E-state index contributed by atoms with van der Waals surface area (Å²) in [5.74, 6) is 0.720. The number of fused-ring (bicyclic) bond motifs is 1. The Morgan fingerprint density at radius 3 is 2.25 bits per heavy atom. The van der Waals surface area contributed by atoms with Gasteiger partial charge in [-0.3, -0.25) is 0 Å². The van der Waals surface area contributed by atoms with Gasteiger partial charge in [0.2, 0.25) is 0 Å². The minimum absolute atomic E-state index is 0.197. The van der Waals surface area contributed by atoms with Gasteiger partial charge < -0.3 is 24.3 Å². The lowest BCUT2D eigenvalue weighted by atomic mass is 9.76. The molecule has 0 aliphatic rings. The first-order valence-electron chi connectivity index (χ1n) is 7.88. The third-order valence-corrected chi connectivity index (χ3v) is 4.34. The lowest BCUT2D eigenvalue weighted by Crippen LogP contribution is -2.53. The third kappa shape index (κ3) is 4.27. The smallest absolute Gasteiger partial charge is 0.468 e. The number of benzene rings is 2. The van der Waals surface area contributed by atoms with E-state index in [-0.39, 0.29) is 6.79 Å². The van der Waals surface area contributed by atoms with Crippen LogP contribution in [0.2, 0.25) is 0 Å². The van der Waals surface area contributed by atoms with Crippen molar-refractivity contribution >= 4 is 23.4 Å². The molecular formula is C18H25BO5. The van der Waals surface area contributed by atoms with Gasteiger partial charge in [0.1, 0.15) is 5.75 Å².